The second kappa shape index (κ2) is 8.94. The molecule has 0 fully saturated rings. The number of rotatable bonds is 5. The van der Waals surface area contributed by atoms with Crippen LogP contribution in [0.2, 0.25) is 15.1 Å². The van der Waals surface area contributed by atoms with Gasteiger partial charge in [0.15, 0.2) is 4.34 Å². The molecule has 0 saturated carbocycles. The third-order valence-corrected chi connectivity index (χ3v) is 7.15. The fourth-order valence-corrected chi connectivity index (χ4v) is 5.42. The molecule has 29 heavy (non-hydrogen) atoms. The average molecular weight is 480 g/mol. The zero-order valence-electron chi connectivity index (χ0n) is 14.8. The van der Waals surface area contributed by atoms with Gasteiger partial charge in [-0.15, -0.1) is 11.3 Å². The molecule has 0 radical (unpaired) electrons. The van der Waals surface area contributed by atoms with Gasteiger partial charge in [0.2, 0.25) is 0 Å². The van der Waals surface area contributed by atoms with Gasteiger partial charge in [0.1, 0.15) is 0 Å². The molecule has 4 rings (SSSR count). The molecule has 0 aliphatic heterocycles. The van der Waals surface area contributed by atoms with E-state index in [4.69, 9.17) is 34.8 Å². The number of hydrogen-bond acceptors (Lipinski definition) is 4. The first-order valence-corrected chi connectivity index (χ1v) is 11.5. The number of amides is 1. The number of nitrogens with one attached hydrogen (secondary N) is 1. The van der Waals surface area contributed by atoms with Gasteiger partial charge in [0.05, 0.1) is 10.2 Å². The first-order chi connectivity index (χ1) is 14.0. The van der Waals surface area contributed by atoms with Gasteiger partial charge in [-0.05, 0) is 60.2 Å². The largest absolute Gasteiger partial charge is 0.322 e. The van der Waals surface area contributed by atoms with Crippen LogP contribution in [-0.4, -0.2) is 10.9 Å². The lowest BCUT2D eigenvalue weighted by Crippen LogP contribution is -2.11. The van der Waals surface area contributed by atoms with Crippen LogP contribution in [0.15, 0.2) is 65.0 Å². The Morgan fingerprint density at radius 3 is 2.48 bits per heavy atom. The van der Waals surface area contributed by atoms with Gasteiger partial charge in [0, 0.05) is 32.1 Å². The van der Waals surface area contributed by atoms with Gasteiger partial charge < -0.3 is 5.32 Å². The molecular formula is C21H13Cl3N2OS2. The van der Waals surface area contributed by atoms with Gasteiger partial charge >= 0.3 is 0 Å². The smallest absolute Gasteiger partial charge is 0.255 e. The fraction of sp³-hybridized carbons (Fsp3) is 0.0476. The molecule has 3 aromatic carbocycles. The molecular weight excluding hydrogens is 467 g/mol. The molecule has 0 atom stereocenters. The molecule has 0 unspecified atom stereocenters. The van der Waals surface area contributed by atoms with Crippen LogP contribution < -0.4 is 5.32 Å². The number of thiazole rings is 1. The first kappa shape index (κ1) is 20.5. The van der Waals surface area contributed by atoms with Gasteiger partial charge in [-0.1, -0.05) is 52.6 Å². The van der Waals surface area contributed by atoms with Crippen molar-refractivity contribution in [3.8, 4) is 0 Å². The summed E-state index contributed by atoms with van der Waals surface area (Å²) in [6.45, 7) is 0. The number of anilines is 1. The van der Waals surface area contributed by atoms with Crippen molar-refractivity contribution >= 4 is 79.7 Å². The van der Waals surface area contributed by atoms with Crippen molar-refractivity contribution in [1.29, 1.82) is 0 Å². The first-order valence-electron chi connectivity index (χ1n) is 8.52. The Balaban J connectivity index is 1.47. The van der Waals surface area contributed by atoms with E-state index in [0.717, 1.165) is 25.8 Å². The van der Waals surface area contributed by atoms with Crippen LogP contribution in [-0.2, 0) is 5.75 Å². The highest BCUT2D eigenvalue weighted by molar-refractivity contribution is 8.00. The number of carbonyl (C=O) groups excluding carboxylic acids is 1. The maximum Gasteiger partial charge on any atom is 0.255 e. The van der Waals surface area contributed by atoms with Crippen molar-refractivity contribution in [2.45, 2.75) is 10.1 Å². The second-order valence-electron chi connectivity index (χ2n) is 6.15. The second-order valence-corrected chi connectivity index (χ2v) is 9.68. The summed E-state index contributed by atoms with van der Waals surface area (Å²) >= 11 is 21.3. The van der Waals surface area contributed by atoms with Crippen molar-refractivity contribution in [2.24, 2.45) is 0 Å². The number of halogens is 3. The van der Waals surface area contributed by atoms with Crippen LogP contribution in [0.3, 0.4) is 0 Å². The highest BCUT2D eigenvalue weighted by Crippen LogP contribution is 2.34. The summed E-state index contributed by atoms with van der Waals surface area (Å²) in [5.41, 5.74) is 3.17. The van der Waals surface area contributed by atoms with E-state index in [1.165, 1.54) is 0 Å². The van der Waals surface area contributed by atoms with Gasteiger partial charge in [-0.3, -0.25) is 4.79 Å². The van der Waals surface area contributed by atoms with Gasteiger partial charge in [-0.25, -0.2) is 4.98 Å². The summed E-state index contributed by atoms with van der Waals surface area (Å²) in [5.74, 6) is 0.521. The van der Waals surface area contributed by atoms with Crippen LogP contribution in [0, 0.1) is 0 Å². The molecule has 8 heteroatoms. The monoisotopic (exact) mass is 478 g/mol. The van der Waals surface area contributed by atoms with Crippen LogP contribution in [0.4, 0.5) is 5.69 Å². The molecule has 1 aromatic heterocycles. The van der Waals surface area contributed by atoms with Crippen molar-refractivity contribution in [3.63, 3.8) is 0 Å². The Morgan fingerprint density at radius 1 is 0.966 bits per heavy atom. The number of benzene rings is 3. The number of carbonyl (C=O) groups is 1. The Hall–Kier alpha value is -1.76. The van der Waals surface area contributed by atoms with E-state index in [0.29, 0.717) is 26.4 Å². The van der Waals surface area contributed by atoms with Crippen molar-refractivity contribution in [1.82, 2.24) is 4.98 Å². The fourth-order valence-electron chi connectivity index (χ4n) is 2.63. The minimum Gasteiger partial charge on any atom is -0.322 e. The lowest BCUT2D eigenvalue weighted by atomic mass is 10.2. The van der Waals surface area contributed by atoms with E-state index in [9.17, 15) is 4.79 Å². The Bertz CT molecular complexity index is 1190. The van der Waals surface area contributed by atoms with E-state index in [2.05, 4.69) is 10.3 Å². The van der Waals surface area contributed by atoms with Crippen molar-refractivity contribution < 1.29 is 4.79 Å². The number of fused-ring (bicyclic) bond motifs is 1. The summed E-state index contributed by atoms with van der Waals surface area (Å²) in [5, 5.41) is 4.78. The predicted molar refractivity (Wildman–Crippen MR) is 125 cm³/mol. The van der Waals surface area contributed by atoms with E-state index in [1.807, 2.05) is 30.3 Å². The van der Waals surface area contributed by atoms with Crippen molar-refractivity contribution in [2.75, 3.05) is 5.32 Å². The normalized spacial score (nSPS) is 11.0. The minimum absolute atomic E-state index is 0.183. The Kier molecular flexibility index (Phi) is 6.32. The molecule has 0 aliphatic rings. The molecule has 0 saturated heterocycles. The number of thioether (sulfide) groups is 1. The maximum atomic E-state index is 12.4. The summed E-state index contributed by atoms with van der Waals surface area (Å²) < 4.78 is 1.94. The lowest BCUT2D eigenvalue weighted by molar-refractivity contribution is 0.102. The van der Waals surface area contributed by atoms with Crippen LogP contribution in [0.25, 0.3) is 10.2 Å². The molecule has 146 valence electrons. The van der Waals surface area contributed by atoms with E-state index < -0.39 is 0 Å². The lowest BCUT2D eigenvalue weighted by Gasteiger charge is -2.05. The topological polar surface area (TPSA) is 42.0 Å². The number of hydrogen-bond donors (Lipinski definition) is 1. The third kappa shape index (κ3) is 5.05. The highest BCUT2D eigenvalue weighted by atomic mass is 35.5. The van der Waals surface area contributed by atoms with Gasteiger partial charge in [0.25, 0.3) is 5.91 Å². The van der Waals surface area contributed by atoms with Crippen molar-refractivity contribution in [3.05, 3.63) is 86.9 Å². The van der Waals surface area contributed by atoms with E-state index in [-0.39, 0.29) is 5.91 Å². The summed E-state index contributed by atoms with van der Waals surface area (Å²) in [4.78, 5) is 17.0. The molecule has 0 spiro atoms. The maximum absolute atomic E-state index is 12.4. The molecule has 4 aromatic rings. The molecule has 1 heterocycles. The minimum atomic E-state index is -0.183. The SMILES string of the molecule is O=C(Nc1ccc2nc(SCc3ccc(Cl)cc3Cl)sc2c1)c1ccc(Cl)cc1. The molecule has 0 aliphatic carbocycles. The average Bonchev–Trinajstić information content (AvgIpc) is 3.10. The predicted octanol–water partition coefficient (Wildman–Crippen LogP) is 7.80. The summed E-state index contributed by atoms with van der Waals surface area (Å²) in [7, 11) is 0. The standard InChI is InChI=1S/C21H13Cl3N2OS2/c22-14-4-1-12(2-5-14)20(27)25-16-7-8-18-19(10-16)29-21(26-18)28-11-13-3-6-15(23)9-17(13)24/h1-10H,11H2,(H,25,27). The van der Waals surface area contributed by atoms with Crippen LogP contribution in [0.1, 0.15) is 15.9 Å². The van der Waals surface area contributed by atoms with Crippen LogP contribution >= 0.6 is 57.9 Å². The quantitative estimate of drug-likeness (QED) is 0.297. The number of nitrogens with zero attached hydrogens (tertiary/aromatic N) is 1. The van der Waals surface area contributed by atoms with Crippen LogP contribution in [0.5, 0.6) is 0 Å². The molecule has 1 N–H and O–H groups in total. The summed E-state index contributed by atoms with van der Waals surface area (Å²) in [6.07, 6.45) is 0. The zero-order valence-corrected chi connectivity index (χ0v) is 18.7. The van der Waals surface area contributed by atoms with E-state index in [1.54, 1.807) is 53.4 Å². The van der Waals surface area contributed by atoms with E-state index >= 15 is 0 Å². The zero-order chi connectivity index (χ0) is 20.4. The number of aromatic nitrogens is 1. The molecule has 1 amide bonds. The third-order valence-electron chi connectivity index (χ3n) is 4.10. The Morgan fingerprint density at radius 2 is 1.72 bits per heavy atom. The highest BCUT2D eigenvalue weighted by Gasteiger charge is 2.10. The summed E-state index contributed by atoms with van der Waals surface area (Å²) in [6, 6.07) is 18.0. The van der Waals surface area contributed by atoms with Gasteiger partial charge in [-0.2, -0.15) is 0 Å². The molecule has 3 nitrogen and oxygen atoms in total. The Labute approximate surface area is 191 Å². The molecule has 0 bridgehead atoms.